The molecule has 0 saturated heterocycles. The van der Waals surface area contributed by atoms with Crippen molar-refractivity contribution < 1.29 is 19.1 Å². The van der Waals surface area contributed by atoms with Gasteiger partial charge < -0.3 is 20.9 Å². The Hall–Kier alpha value is -1.46. The van der Waals surface area contributed by atoms with Crippen LogP contribution >= 0.6 is 0 Å². The first-order valence-electron chi connectivity index (χ1n) is 5.05. The van der Waals surface area contributed by atoms with Gasteiger partial charge in [0.25, 0.3) is 0 Å². The zero-order valence-corrected chi connectivity index (χ0v) is 10.1. The van der Waals surface area contributed by atoms with Crippen molar-refractivity contribution >= 4 is 12.2 Å². The van der Waals surface area contributed by atoms with E-state index < -0.39 is 23.7 Å². The average molecular weight is 232 g/mol. The third kappa shape index (κ3) is 4.86. The van der Waals surface area contributed by atoms with E-state index in [4.69, 9.17) is 20.9 Å². The van der Waals surface area contributed by atoms with E-state index in [9.17, 15) is 9.59 Å². The third-order valence-corrected chi connectivity index (χ3v) is 2.21. The lowest BCUT2D eigenvalue weighted by molar-refractivity contribution is -0.0322. The number of rotatable bonds is 5. The number of carbonyl (C=O) groups is 2. The maximum atomic E-state index is 10.8. The van der Waals surface area contributed by atoms with E-state index in [1.165, 1.54) is 0 Å². The maximum Gasteiger partial charge on any atom is 0.404 e. The van der Waals surface area contributed by atoms with Gasteiger partial charge >= 0.3 is 12.2 Å². The van der Waals surface area contributed by atoms with Crippen LogP contribution in [-0.2, 0) is 9.47 Å². The normalized spacial score (nSPS) is 13.3. The van der Waals surface area contributed by atoms with E-state index >= 15 is 0 Å². The highest BCUT2D eigenvalue weighted by Crippen LogP contribution is 2.29. The van der Waals surface area contributed by atoms with Gasteiger partial charge in [0.2, 0.25) is 0 Å². The van der Waals surface area contributed by atoms with Gasteiger partial charge in [-0.3, -0.25) is 0 Å². The fourth-order valence-electron chi connectivity index (χ4n) is 1.66. The minimum absolute atomic E-state index is 0.0546. The van der Waals surface area contributed by atoms with E-state index in [0.29, 0.717) is 0 Å². The molecule has 1 atom stereocenters. The van der Waals surface area contributed by atoms with E-state index in [1.54, 1.807) is 0 Å². The molecule has 0 aromatic rings. The molecule has 6 nitrogen and oxygen atoms in total. The molecule has 0 spiro atoms. The fraction of sp³-hybridized carbons (Fsp3) is 0.800. The molecular formula is C10H20N2O4. The quantitative estimate of drug-likeness (QED) is 0.743. The Morgan fingerprint density at radius 3 is 2.00 bits per heavy atom. The molecule has 0 radical (unpaired) electrons. The summed E-state index contributed by atoms with van der Waals surface area (Å²) in [6.07, 6.45) is -2.13. The first kappa shape index (κ1) is 14.5. The molecule has 1 unspecified atom stereocenters. The highest BCUT2D eigenvalue weighted by atomic mass is 16.6. The van der Waals surface area contributed by atoms with Gasteiger partial charge in [-0.15, -0.1) is 0 Å². The summed E-state index contributed by atoms with van der Waals surface area (Å²) >= 11 is 0. The molecule has 0 heterocycles. The van der Waals surface area contributed by atoms with E-state index in [0.717, 1.165) is 0 Å². The molecule has 94 valence electrons. The summed E-state index contributed by atoms with van der Waals surface area (Å²) in [6, 6.07) is 0. The molecule has 0 aliphatic heterocycles. The van der Waals surface area contributed by atoms with Gasteiger partial charge in [-0.05, 0) is 5.92 Å². The van der Waals surface area contributed by atoms with Crippen molar-refractivity contribution in [2.24, 2.45) is 22.8 Å². The molecule has 0 rings (SSSR count). The summed E-state index contributed by atoms with van der Waals surface area (Å²) < 4.78 is 9.74. The molecule has 16 heavy (non-hydrogen) atoms. The van der Waals surface area contributed by atoms with E-state index in [1.807, 2.05) is 27.7 Å². The van der Waals surface area contributed by atoms with Crippen LogP contribution in [0.1, 0.15) is 27.7 Å². The Bertz CT molecular complexity index is 264. The van der Waals surface area contributed by atoms with Gasteiger partial charge in [-0.25, -0.2) is 9.59 Å². The molecule has 0 fully saturated rings. The summed E-state index contributed by atoms with van der Waals surface area (Å²) in [5, 5.41) is 0. The second kappa shape index (κ2) is 5.58. The van der Waals surface area contributed by atoms with Crippen molar-refractivity contribution in [3.8, 4) is 0 Å². The van der Waals surface area contributed by atoms with Crippen molar-refractivity contribution in [2.45, 2.75) is 33.8 Å². The minimum atomic E-state index is -0.852. The van der Waals surface area contributed by atoms with E-state index in [2.05, 4.69) is 0 Å². The molecule has 2 amide bonds. The van der Waals surface area contributed by atoms with Crippen molar-refractivity contribution in [1.29, 1.82) is 0 Å². The summed E-state index contributed by atoms with van der Waals surface area (Å²) in [6.45, 7) is 7.46. The highest BCUT2D eigenvalue weighted by molar-refractivity contribution is 5.65. The lowest BCUT2D eigenvalue weighted by atomic mass is 9.81. The number of nitrogens with two attached hydrogens (primary N) is 2. The maximum absolute atomic E-state index is 10.8. The molecule has 0 aromatic heterocycles. The summed E-state index contributed by atoms with van der Waals surface area (Å²) in [5.41, 5.74) is 9.33. The second-order valence-electron chi connectivity index (χ2n) is 4.70. The van der Waals surface area contributed by atoms with Crippen molar-refractivity contribution in [2.75, 3.05) is 6.61 Å². The first-order chi connectivity index (χ1) is 7.16. The topological polar surface area (TPSA) is 105 Å². The molecule has 0 bridgehead atoms. The molecule has 0 aromatic carbocycles. The second-order valence-corrected chi connectivity index (χ2v) is 4.70. The Labute approximate surface area is 95.3 Å². The molecular weight excluding hydrogens is 212 g/mol. The Balaban J connectivity index is 4.61. The minimum Gasteiger partial charge on any atom is -0.449 e. The smallest absolute Gasteiger partial charge is 0.404 e. The summed E-state index contributed by atoms with van der Waals surface area (Å²) in [4.78, 5) is 21.3. The Morgan fingerprint density at radius 2 is 1.69 bits per heavy atom. The zero-order chi connectivity index (χ0) is 12.9. The lowest BCUT2D eigenvalue weighted by Crippen LogP contribution is -2.43. The Morgan fingerprint density at radius 1 is 1.19 bits per heavy atom. The number of primary amides is 2. The van der Waals surface area contributed by atoms with Gasteiger partial charge in [-0.2, -0.15) is 0 Å². The number of amides is 2. The number of carbonyl (C=O) groups excluding carboxylic acids is 2. The monoisotopic (exact) mass is 232 g/mol. The average Bonchev–Trinajstić information content (AvgIpc) is 2.10. The molecule has 4 N–H and O–H groups in total. The van der Waals surface area contributed by atoms with Crippen LogP contribution in [0.5, 0.6) is 0 Å². The number of hydrogen-bond donors (Lipinski definition) is 2. The van der Waals surface area contributed by atoms with Gasteiger partial charge in [0.15, 0.2) is 0 Å². The van der Waals surface area contributed by atoms with Gasteiger partial charge in [-0.1, -0.05) is 27.7 Å². The predicted molar refractivity (Wildman–Crippen MR) is 58.6 cm³/mol. The molecule has 6 heteroatoms. The summed E-state index contributed by atoms with van der Waals surface area (Å²) in [5.74, 6) is 0.0546. The lowest BCUT2D eigenvalue weighted by Gasteiger charge is -2.35. The van der Waals surface area contributed by atoms with Gasteiger partial charge in [0.05, 0.1) is 0 Å². The van der Waals surface area contributed by atoms with Crippen molar-refractivity contribution in [3.05, 3.63) is 0 Å². The van der Waals surface area contributed by atoms with Crippen LogP contribution in [0.15, 0.2) is 0 Å². The highest BCUT2D eigenvalue weighted by Gasteiger charge is 2.36. The van der Waals surface area contributed by atoms with Crippen LogP contribution in [0.25, 0.3) is 0 Å². The van der Waals surface area contributed by atoms with E-state index in [-0.39, 0.29) is 12.5 Å². The van der Waals surface area contributed by atoms with Crippen LogP contribution in [-0.4, -0.2) is 24.9 Å². The van der Waals surface area contributed by atoms with Crippen LogP contribution in [0.3, 0.4) is 0 Å². The zero-order valence-electron chi connectivity index (χ0n) is 10.1. The summed E-state index contributed by atoms with van der Waals surface area (Å²) in [7, 11) is 0. The molecule has 0 aliphatic carbocycles. The third-order valence-electron chi connectivity index (χ3n) is 2.21. The molecule has 0 aliphatic rings. The predicted octanol–water partition coefficient (Wildman–Crippen LogP) is 1.23. The molecule has 0 saturated carbocycles. The van der Waals surface area contributed by atoms with Gasteiger partial charge in [0, 0.05) is 5.41 Å². The van der Waals surface area contributed by atoms with Crippen molar-refractivity contribution in [3.63, 3.8) is 0 Å². The van der Waals surface area contributed by atoms with Gasteiger partial charge in [0.1, 0.15) is 12.7 Å². The largest absolute Gasteiger partial charge is 0.449 e. The van der Waals surface area contributed by atoms with Crippen LogP contribution in [0.2, 0.25) is 0 Å². The number of hydrogen-bond acceptors (Lipinski definition) is 4. The first-order valence-corrected chi connectivity index (χ1v) is 5.05. The van der Waals surface area contributed by atoms with Crippen LogP contribution < -0.4 is 11.5 Å². The van der Waals surface area contributed by atoms with Crippen LogP contribution in [0.4, 0.5) is 9.59 Å². The Kier molecular flexibility index (Phi) is 5.07. The number of ether oxygens (including phenoxy) is 2. The fourth-order valence-corrected chi connectivity index (χ4v) is 1.66. The SMILES string of the molecule is CC(C)C(OC(N)=O)C(C)(C)COC(N)=O. The standard InChI is InChI=1S/C10H20N2O4/c1-6(2)7(16-9(12)14)10(3,4)5-15-8(11)13/h6-7H,5H2,1-4H3,(H2,11,13)(H2,12,14). The van der Waals surface area contributed by atoms with Crippen molar-refractivity contribution in [1.82, 2.24) is 0 Å². The van der Waals surface area contributed by atoms with Crippen LogP contribution in [0, 0.1) is 11.3 Å².